The Hall–Kier alpha value is -2.40. The Kier molecular flexibility index (Phi) is 5.34. The van der Waals surface area contributed by atoms with E-state index in [1.807, 2.05) is 42.7 Å². The van der Waals surface area contributed by atoms with Crippen LogP contribution in [-0.4, -0.2) is 15.5 Å². The number of halogens is 1. The molecule has 1 aromatic heterocycles. The number of nitrogens with zero attached hydrogens (tertiary/aromatic N) is 2. The summed E-state index contributed by atoms with van der Waals surface area (Å²) in [5.41, 5.74) is 2.54. The number of imidazole rings is 1. The van der Waals surface area contributed by atoms with Crippen molar-refractivity contribution in [2.45, 2.75) is 26.3 Å². The van der Waals surface area contributed by atoms with E-state index < -0.39 is 0 Å². The van der Waals surface area contributed by atoms with Crippen LogP contribution in [0.2, 0.25) is 0 Å². The SMILES string of the molecule is CC(C)c1nccn1Cc1cccc(NC(=O)c2ccc(Br)cc2)c1. The maximum Gasteiger partial charge on any atom is 0.255 e. The summed E-state index contributed by atoms with van der Waals surface area (Å²) in [4.78, 5) is 16.8. The topological polar surface area (TPSA) is 46.9 Å². The summed E-state index contributed by atoms with van der Waals surface area (Å²) in [6.45, 7) is 5.00. The third kappa shape index (κ3) is 4.37. The van der Waals surface area contributed by atoms with Crippen molar-refractivity contribution in [3.05, 3.63) is 82.3 Å². The van der Waals surface area contributed by atoms with Crippen molar-refractivity contribution in [3.8, 4) is 0 Å². The number of hydrogen-bond donors (Lipinski definition) is 1. The normalized spacial score (nSPS) is 10.9. The summed E-state index contributed by atoms with van der Waals surface area (Å²) >= 11 is 3.38. The van der Waals surface area contributed by atoms with Crippen LogP contribution in [0.4, 0.5) is 5.69 Å². The summed E-state index contributed by atoms with van der Waals surface area (Å²) < 4.78 is 3.09. The van der Waals surface area contributed by atoms with Crippen LogP contribution in [0.25, 0.3) is 0 Å². The quantitative estimate of drug-likeness (QED) is 0.652. The van der Waals surface area contributed by atoms with E-state index in [4.69, 9.17) is 0 Å². The lowest BCUT2D eigenvalue weighted by Gasteiger charge is -2.12. The standard InChI is InChI=1S/C20H20BrN3O/c1-14(2)19-22-10-11-24(19)13-15-4-3-5-18(12-15)23-20(25)16-6-8-17(21)9-7-16/h3-12,14H,13H2,1-2H3,(H,23,25). The number of anilines is 1. The molecule has 0 saturated carbocycles. The van der Waals surface area contributed by atoms with Crippen LogP contribution in [0.3, 0.4) is 0 Å². The van der Waals surface area contributed by atoms with Crippen molar-refractivity contribution in [3.63, 3.8) is 0 Å². The maximum atomic E-state index is 12.4. The highest BCUT2D eigenvalue weighted by Crippen LogP contribution is 2.17. The first-order chi connectivity index (χ1) is 12.0. The fraction of sp³-hybridized carbons (Fsp3) is 0.200. The average molecular weight is 398 g/mol. The third-order valence-electron chi connectivity index (χ3n) is 3.91. The Morgan fingerprint density at radius 3 is 2.68 bits per heavy atom. The molecule has 0 aliphatic carbocycles. The van der Waals surface area contributed by atoms with E-state index in [1.165, 1.54) is 0 Å². The lowest BCUT2D eigenvalue weighted by atomic mass is 10.1. The van der Waals surface area contributed by atoms with E-state index in [0.717, 1.165) is 28.1 Å². The number of hydrogen-bond acceptors (Lipinski definition) is 2. The summed E-state index contributed by atoms with van der Waals surface area (Å²) in [5, 5.41) is 2.96. The lowest BCUT2D eigenvalue weighted by molar-refractivity contribution is 0.102. The van der Waals surface area contributed by atoms with Crippen LogP contribution in [0.1, 0.15) is 41.5 Å². The van der Waals surface area contributed by atoms with E-state index in [9.17, 15) is 4.79 Å². The van der Waals surface area contributed by atoms with Gasteiger partial charge in [-0.2, -0.15) is 0 Å². The van der Waals surface area contributed by atoms with Crippen molar-refractivity contribution in [2.24, 2.45) is 0 Å². The Morgan fingerprint density at radius 2 is 1.96 bits per heavy atom. The zero-order valence-electron chi connectivity index (χ0n) is 14.2. The minimum Gasteiger partial charge on any atom is -0.330 e. The fourth-order valence-corrected chi connectivity index (χ4v) is 2.97. The molecule has 0 atom stereocenters. The molecule has 3 rings (SSSR count). The van der Waals surface area contributed by atoms with Crippen LogP contribution in [-0.2, 0) is 6.54 Å². The van der Waals surface area contributed by atoms with E-state index in [1.54, 1.807) is 12.1 Å². The highest BCUT2D eigenvalue weighted by molar-refractivity contribution is 9.10. The highest BCUT2D eigenvalue weighted by Gasteiger charge is 2.09. The molecule has 0 spiro atoms. The molecule has 0 bridgehead atoms. The number of rotatable bonds is 5. The van der Waals surface area contributed by atoms with Gasteiger partial charge in [-0.05, 0) is 42.0 Å². The molecule has 128 valence electrons. The van der Waals surface area contributed by atoms with Gasteiger partial charge < -0.3 is 9.88 Å². The Balaban J connectivity index is 1.74. The zero-order valence-corrected chi connectivity index (χ0v) is 15.8. The highest BCUT2D eigenvalue weighted by atomic mass is 79.9. The van der Waals surface area contributed by atoms with Crippen molar-refractivity contribution in [2.75, 3.05) is 5.32 Å². The first-order valence-electron chi connectivity index (χ1n) is 8.20. The van der Waals surface area contributed by atoms with E-state index >= 15 is 0 Å². The van der Waals surface area contributed by atoms with Gasteiger partial charge in [0.05, 0.1) is 0 Å². The number of aromatic nitrogens is 2. The monoisotopic (exact) mass is 397 g/mol. The number of carbonyl (C=O) groups is 1. The van der Waals surface area contributed by atoms with Crippen LogP contribution >= 0.6 is 15.9 Å². The Labute approximate surface area is 156 Å². The van der Waals surface area contributed by atoms with Gasteiger partial charge >= 0.3 is 0 Å². The lowest BCUT2D eigenvalue weighted by Crippen LogP contribution is -2.12. The van der Waals surface area contributed by atoms with Gasteiger partial charge in [-0.15, -0.1) is 0 Å². The van der Waals surface area contributed by atoms with Gasteiger partial charge in [0.2, 0.25) is 0 Å². The summed E-state index contributed by atoms with van der Waals surface area (Å²) in [6.07, 6.45) is 3.82. The minimum atomic E-state index is -0.116. The van der Waals surface area contributed by atoms with Crippen LogP contribution < -0.4 is 5.32 Å². The maximum absolute atomic E-state index is 12.4. The number of nitrogens with one attached hydrogen (secondary N) is 1. The first kappa shape index (κ1) is 17.4. The Bertz CT molecular complexity index is 869. The smallest absolute Gasteiger partial charge is 0.255 e. The van der Waals surface area contributed by atoms with Crippen LogP contribution in [0.15, 0.2) is 65.4 Å². The molecule has 1 N–H and O–H groups in total. The molecule has 0 saturated heterocycles. The molecule has 25 heavy (non-hydrogen) atoms. The molecule has 0 radical (unpaired) electrons. The zero-order chi connectivity index (χ0) is 17.8. The van der Waals surface area contributed by atoms with Gasteiger partial charge in [0, 0.05) is 40.6 Å². The summed E-state index contributed by atoms with van der Waals surface area (Å²) in [5.74, 6) is 1.31. The van der Waals surface area contributed by atoms with E-state index in [2.05, 4.69) is 50.7 Å². The van der Waals surface area contributed by atoms with Gasteiger partial charge in [0.25, 0.3) is 5.91 Å². The molecule has 1 heterocycles. The van der Waals surface area contributed by atoms with Gasteiger partial charge in [-0.1, -0.05) is 41.9 Å². The third-order valence-corrected chi connectivity index (χ3v) is 4.44. The van der Waals surface area contributed by atoms with E-state index in [0.29, 0.717) is 11.5 Å². The van der Waals surface area contributed by atoms with Gasteiger partial charge in [0.1, 0.15) is 5.82 Å². The fourth-order valence-electron chi connectivity index (χ4n) is 2.70. The van der Waals surface area contributed by atoms with Crippen molar-refractivity contribution in [1.29, 1.82) is 0 Å². The largest absolute Gasteiger partial charge is 0.330 e. The van der Waals surface area contributed by atoms with Crippen molar-refractivity contribution < 1.29 is 4.79 Å². The van der Waals surface area contributed by atoms with Gasteiger partial charge in [-0.3, -0.25) is 4.79 Å². The van der Waals surface area contributed by atoms with Crippen LogP contribution in [0, 0.1) is 0 Å². The molecule has 0 aliphatic heterocycles. The van der Waals surface area contributed by atoms with Gasteiger partial charge in [0.15, 0.2) is 0 Å². The molecule has 3 aromatic rings. The van der Waals surface area contributed by atoms with Gasteiger partial charge in [-0.25, -0.2) is 4.98 Å². The van der Waals surface area contributed by atoms with Crippen molar-refractivity contribution >= 4 is 27.5 Å². The average Bonchev–Trinajstić information content (AvgIpc) is 3.04. The molecular formula is C20H20BrN3O. The second kappa shape index (κ2) is 7.66. The number of amides is 1. The molecule has 2 aromatic carbocycles. The second-order valence-electron chi connectivity index (χ2n) is 6.23. The predicted molar refractivity (Wildman–Crippen MR) is 104 cm³/mol. The first-order valence-corrected chi connectivity index (χ1v) is 8.99. The molecule has 4 nitrogen and oxygen atoms in total. The minimum absolute atomic E-state index is 0.116. The summed E-state index contributed by atoms with van der Waals surface area (Å²) in [7, 11) is 0. The van der Waals surface area contributed by atoms with Crippen molar-refractivity contribution in [1.82, 2.24) is 9.55 Å². The molecule has 0 unspecified atom stereocenters. The van der Waals surface area contributed by atoms with Crippen LogP contribution in [0.5, 0.6) is 0 Å². The molecule has 5 heteroatoms. The predicted octanol–water partition coefficient (Wildman–Crippen LogP) is 5.07. The Morgan fingerprint density at radius 1 is 1.20 bits per heavy atom. The molecular weight excluding hydrogens is 378 g/mol. The number of carbonyl (C=O) groups excluding carboxylic acids is 1. The number of benzene rings is 2. The van der Waals surface area contributed by atoms with E-state index in [-0.39, 0.29) is 5.91 Å². The summed E-state index contributed by atoms with van der Waals surface area (Å²) in [6, 6.07) is 15.2. The molecule has 0 aliphatic rings. The second-order valence-corrected chi connectivity index (χ2v) is 7.15. The molecule has 1 amide bonds. The molecule has 0 fully saturated rings.